The summed E-state index contributed by atoms with van der Waals surface area (Å²) >= 11 is 1.73. The van der Waals surface area contributed by atoms with Crippen molar-refractivity contribution >= 4 is 17.7 Å². The van der Waals surface area contributed by atoms with E-state index < -0.39 is 0 Å². The molecular formula is C11H18O2S. The predicted molar refractivity (Wildman–Crippen MR) is 60.3 cm³/mol. The molecule has 1 aliphatic heterocycles. The molecule has 0 aromatic rings. The molecule has 0 aromatic carbocycles. The first-order valence-corrected chi connectivity index (χ1v) is 5.95. The number of allylic oxidation sites excluding steroid dienone is 1. The van der Waals surface area contributed by atoms with Crippen molar-refractivity contribution in [2.45, 2.75) is 31.3 Å². The number of rotatable bonds is 3. The van der Waals surface area contributed by atoms with E-state index in [4.69, 9.17) is 4.74 Å². The van der Waals surface area contributed by atoms with Crippen LogP contribution < -0.4 is 0 Å². The molecule has 1 aliphatic rings. The molecule has 1 rings (SSSR count). The summed E-state index contributed by atoms with van der Waals surface area (Å²) in [6.45, 7) is 10.6. The van der Waals surface area contributed by atoms with Crippen molar-refractivity contribution in [1.29, 1.82) is 0 Å². The minimum atomic E-state index is -0.0840. The van der Waals surface area contributed by atoms with Gasteiger partial charge in [-0.2, -0.15) is 0 Å². The Bertz CT molecular complexity index is 225. The monoisotopic (exact) mass is 214 g/mol. The lowest BCUT2D eigenvalue weighted by Gasteiger charge is -2.32. The lowest BCUT2D eigenvalue weighted by molar-refractivity contribution is -0.144. The molecule has 3 atom stereocenters. The average Bonchev–Trinajstić information content (AvgIpc) is 2.17. The van der Waals surface area contributed by atoms with E-state index in [1.54, 1.807) is 11.8 Å². The largest absolute Gasteiger partial charge is 0.464 e. The molecule has 80 valence electrons. The third-order valence-electron chi connectivity index (χ3n) is 2.54. The molecule has 0 bridgehead atoms. The van der Waals surface area contributed by atoms with E-state index in [9.17, 15) is 4.79 Å². The Kier molecular flexibility index (Phi) is 4.05. The topological polar surface area (TPSA) is 26.3 Å². The lowest BCUT2D eigenvalue weighted by atomic mass is 10.1. The molecule has 0 N–H and O–H groups in total. The molecule has 3 heteroatoms. The maximum Gasteiger partial charge on any atom is 0.319 e. The maximum atomic E-state index is 11.5. The Morgan fingerprint density at radius 1 is 1.57 bits per heavy atom. The normalized spacial score (nSPS) is 29.9. The van der Waals surface area contributed by atoms with Crippen LogP contribution in [0.15, 0.2) is 12.7 Å². The fourth-order valence-electron chi connectivity index (χ4n) is 1.34. The Balaban J connectivity index is 2.64. The van der Waals surface area contributed by atoms with Crippen LogP contribution in [-0.2, 0) is 9.53 Å². The number of carbonyl (C=O) groups is 1. The van der Waals surface area contributed by atoms with E-state index in [-0.39, 0.29) is 17.1 Å². The van der Waals surface area contributed by atoms with Gasteiger partial charge in [0, 0.05) is 5.25 Å². The molecule has 0 radical (unpaired) electrons. The second-order valence-corrected chi connectivity index (χ2v) is 5.45. The Hall–Kier alpha value is -0.440. The van der Waals surface area contributed by atoms with E-state index in [2.05, 4.69) is 20.4 Å². The van der Waals surface area contributed by atoms with Crippen molar-refractivity contribution < 1.29 is 9.53 Å². The van der Waals surface area contributed by atoms with Crippen LogP contribution in [-0.4, -0.2) is 23.1 Å². The number of hydrogen-bond donors (Lipinski definition) is 0. The van der Waals surface area contributed by atoms with Crippen molar-refractivity contribution in [3.8, 4) is 0 Å². The summed E-state index contributed by atoms with van der Waals surface area (Å²) in [4.78, 5) is 11.5. The highest BCUT2D eigenvalue weighted by Crippen LogP contribution is 2.33. The highest BCUT2D eigenvalue weighted by Gasteiger charge is 2.34. The van der Waals surface area contributed by atoms with Crippen LogP contribution in [0.5, 0.6) is 0 Å². The summed E-state index contributed by atoms with van der Waals surface area (Å²) in [6, 6.07) is 0. The third kappa shape index (κ3) is 2.53. The van der Waals surface area contributed by atoms with Gasteiger partial charge in [0.05, 0.1) is 0 Å². The van der Waals surface area contributed by atoms with E-state index in [1.807, 2.05) is 13.0 Å². The quantitative estimate of drug-likeness (QED) is 0.533. The summed E-state index contributed by atoms with van der Waals surface area (Å²) in [5, 5.41) is 0.369. The fraction of sp³-hybridized carbons (Fsp3) is 0.727. The van der Waals surface area contributed by atoms with Crippen LogP contribution in [0, 0.1) is 11.8 Å². The molecule has 1 fully saturated rings. The fourth-order valence-corrected chi connectivity index (χ4v) is 2.72. The zero-order valence-corrected chi connectivity index (χ0v) is 9.84. The van der Waals surface area contributed by atoms with Gasteiger partial charge in [-0.3, -0.25) is 4.79 Å². The van der Waals surface area contributed by atoms with Crippen LogP contribution in [0.1, 0.15) is 20.8 Å². The second-order valence-electron chi connectivity index (χ2n) is 4.06. The van der Waals surface area contributed by atoms with E-state index in [0.717, 1.165) is 0 Å². The van der Waals surface area contributed by atoms with Crippen LogP contribution in [0.2, 0.25) is 0 Å². The van der Waals surface area contributed by atoms with E-state index >= 15 is 0 Å². The number of hydrogen-bond acceptors (Lipinski definition) is 3. The Morgan fingerprint density at radius 3 is 2.71 bits per heavy atom. The zero-order valence-electron chi connectivity index (χ0n) is 9.03. The van der Waals surface area contributed by atoms with Gasteiger partial charge in [0.2, 0.25) is 0 Å². The van der Waals surface area contributed by atoms with Crippen molar-refractivity contribution in [3.63, 3.8) is 0 Å². The summed E-state index contributed by atoms with van der Waals surface area (Å²) in [6.07, 6.45) is 1.82. The Morgan fingerprint density at radius 2 is 2.21 bits per heavy atom. The van der Waals surface area contributed by atoms with Crippen LogP contribution in [0.4, 0.5) is 0 Å². The standard InChI is InChI=1S/C11H18O2S/c1-5-8(4)10-11(12)13-6-9(14-10)7(2)3/h5,7-10H,1,6H2,2-4H3/t8-,9-,10+/m0/s1. The van der Waals surface area contributed by atoms with Gasteiger partial charge in [-0.05, 0) is 11.8 Å². The summed E-state index contributed by atoms with van der Waals surface area (Å²) < 4.78 is 5.18. The van der Waals surface area contributed by atoms with Crippen molar-refractivity contribution in [2.75, 3.05) is 6.61 Å². The van der Waals surface area contributed by atoms with Gasteiger partial charge < -0.3 is 4.74 Å². The molecule has 0 amide bonds. The van der Waals surface area contributed by atoms with Crippen LogP contribution in [0.3, 0.4) is 0 Å². The van der Waals surface area contributed by atoms with E-state index in [0.29, 0.717) is 17.8 Å². The minimum Gasteiger partial charge on any atom is -0.464 e. The zero-order chi connectivity index (χ0) is 10.7. The van der Waals surface area contributed by atoms with Crippen molar-refractivity contribution in [1.82, 2.24) is 0 Å². The SMILES string of the molecule is C=C[C@H](C)[C@H]1S[C@H](C(C)C)COC1=O. The first-order valence-electron chi connectivity index (χ1n) is 5.01. The minimum absolute atomic E-state index is 0.0614. The molecule has 0 aliphatic carbocycles. The van der Waals surface area contributed by atoms with Gasteiger partial charge in [0.25, 0.3) is 0 Å². The van der Waals surface area contributed by atoms with Gasteiger partial charge in [-0.25, -0.2) is 0 Å². The number of carbonyl (C=O) groups excluding carboxylic acids is 1. The lowest BCUT2D eigenvalue weighted by Crippen LogP contribution is -2.38. The maximum absolute atomic E-state index is 11.5. The highest BCUT2D eigenvalue weighted by atomic mass is 32.2. The second kappa shape index (κ2) is 4.87. The van der Waals surface area contributed by atoms with Gasteiger partial charge in [0.1, 0.15) is 11.9 Å². The summed E-state index contributed by atoms with van der Waals surface area (Å²) in [5.41, 5.74) is 0. The van der Waals surface area contributed by atoms with Gasteiger partial charge in [-0.15, -0.1) is 18.3 Å². The first kappa shape index (κ1) is 11.6. The molecular weight excluding hydrogens is 196 g/mol. The molecule has 2 nitrogen and oxygen atoms in total. The first-order chi connectivity index (χ1) is 6.56. The summed E-state index contributed by atoms with van der Waals surface area (Å²) in [7, 11) is 0. The van der Waals surface area contributed by atoms with Crippen LogP contribution in [0.25, 0.3) is 0 Å². The van der Waals surface area contributed by atoms with Crippen LogP contribution >= 0.6 is 11.8 Å². The molecule has 1 saturated heterocycles. The molecule has 0 saturated carbocycles. The average molecular weight is 214 g/mol. The van der Waals surface area contributed by atoms with E-state index in [1.165, 1.54) is 0 Å². The molecule has 0 unspecified atom stereocenters. The third-order valence-corrected chi connectivity index (χ3v) is 4.48. The number of ether oxygens (including phenoxy) is 1. The van der Waals surface area contributed by atoms with Gasteiger partial charge >= 0.3 is 5.97 Å². The number of esters is 1. The number of thioether (sulfide) groups is 1. The van der Waals surface area contributed by atoms with Crippen molar-refractivity contribution in [2.24, 2.45) is 11.8 Å². The van der Waals surface area contributed by atoms with Crippen molar-refractivity contribution in [3.05, 3.63) is 12.7 Å². The Labute approximate surface area is 90.1 Å². The van der Waals surface area contributed by atoms with Gasteiger partial charge in [0.15, 0.2) is 0 Å². The molecule has 0 spiro atoms. The molecule has 0 aromatic heterocycles. The predicted octanol–water partition coefficient (Wildman–Crippen LogP) is 2.49. The molecule has 1 heterocycles. The summed E-state index contributed by atoms with van der Waals surface area (Å²) in [5.74, 6) is 0.654. The van der Waals surface area contributed by atoms with Gasteiger partial charge in [-0.1, -0.05) is 26.8 Å². The molecule has 14 heavy (non-hydrogen) atoms. The smallest absolute Gasteiger partial charge is 0.319 e. The highest BCUT2D eigenvalue weighted by molar-refractivity contribution is 8.01. The number of cyclic esters (lactones) is 1.